The van der Waals surface area contributed by atoms with Crippen LogP contribution in [0.5, 0.6) is 0 Å². The van der Waals surface area contributed by atoms with Crippen LogP contribution in [0.25, 0.3) is 0 Å². The molecule has 1 aliphatic rings. The molecule has 0 aliphatic carbocycles. The van der Waals surface area contributed by atoms with Crippen molar-refractivity contribution in [1.29, 1.82) is 0 Å². The Hall–Kier alpha value is -0.780. The van der Waals surface area contributed by atoms with Gasteiger partial charge in [0.15, 0.2) is 9.84 Å². The van der Waals surface area contributed by atoms with Gasteiger partial charge in [0.05, 0.1) is 28.3 Å². The van der Waals surface area contributed by atoms with Crippen molar-refractivity contribution in [2.24, 2.45) is 0 Å². The fourth-order valence-corrected chi connectivity index (χ4v) is 3.50. The van der Waals surface area contributed by atoms with Gasteiger partial charge >= 0.3 is 0 Å². The Morgan fingerprint density at radius 2 is 1.94 bits per heavy atom. The highest BCUT2D eigenvalue weighted by Crippen LogP contribution is 2.29. The summed E-state index contributed by atoms with van der Waals surface area (Å²) in [5.41, 5.74) is 1.59. The van der Waals surface area contributed by atoms with Crippen molar-refractivity contribution in [3.63, 3.8) is 0 Å². The summed E-state index contributed by atoms with van der Waals surface area (Å²) in [6.45, 7) is 2.62. The highest BCUT2D eigenvalue weighted by atomic mass is 35.5. The maximum absolute atomic E-state index is 11.4. The average Bonchev–Trinajstić information content (AvgIpc) is 2.29. The molecule has 1 N–H and O–H groups in total. The molecular formula is C12H16ClNO3S. The molecule has 1 atom stereocenters. The number of hydrogen-bond acceptors (Lipinski definition) is 4. The van der Waals surface area contributed by atoms with Crippen LogP contribution in [0.4, 0.5) is 5.69 Å². The van der Waals surface area contributed by atoms with Crippen molar-refractivity contribution in [1.82, 2.24) is 0 Å². The van der Waals surface area contributed by atoms with E-state index in [9.17, 15) is 13.5 Å². The van der Waals surface area contributed by atoms with Crippen molar-refractivity contribution in [3.8, 4) is 0 Å². The van der Waals surface area contributed by atoms with E-state index in [-0.39, 0.29) is 11.5 Å². The zero-order chi connectivity index (χ0) is 13.3. The van der Waals surface area contributed by atoms with Crippen LogP contribution in [-0.2, 0) is 9.84 Å². The molecular weight excluding hydrogens is 274 g/mol. The summed E-state index contributed by atoms with van der Waals surface area (Å²) in [5, 5.41) is 10.0. The molecule has 0 aromatic heterocycles. The Balaban J connectivity index is 2.20. The van der Waals surface area contributed by atoms with Crippen LogP contribution in [-0.4, -0.2) is 38.1 Å². The predicted molar refractivity (Wildman–Crippen MR) is 73.0 cm³/mol. The topological polar surface area (TPSA) is 57.6 Å². The van der Waals surface area contributed by atoms with Crippen LogP contribution < -0.4 is 4.90 Å². The highest BCUT2D eigenvalue weighted by molar-refractivity contribution is 7.91. The highest BCUT2D eigenvalue weighted by Gasteiger charge is 2.23. The molecule has 0 unspecified atom stereocenters. The first-order chi connectivity index (χ1) is 8.39. The van der Waals surface area contributed by atoms with Gasteiger partial charge < -0.3 is 10.0 Å². The molecule has 100 valence electrons. The van der Waals surface area contributed by atoms with Gasteiger partial charge in [-0.3, -0.25) is 0 Å². The summed E-state index contributed by atoms with van der Waals surface area (Å²) in [6, 6.07) is 5.38. The summed E-state index contributed by atoms with van der Waals surface area (Å²) in [5.74, 6) is 0.336. The van der Waals surface area contributed by atoms with Crippen LogP contribution in [0.15, 0.2) is 18.2 Å². The van der Waals surface area contributed by atoms with Crippen molar-refractivity contribution >= 4 is 27.1 Å². The van der Waals surface area contributed by atoms with Gasteiger partial charge in [-0.25, -0.2) is 8.42 Å². The molecule has 1 aromatic carbocycles. The van der Waals surface area contributed by atoms with E-state index in [2.05, 4.69) is 0 Å². The van der Waals surface area contributed by atoms with E-state index in [4.69, 9.17) is 11.6 Å². The van der Waals surface area contributed by atoms with Gasteiger partial charge in [0.1, 0.15) is 0 Å². The second-order valence-electron chi connectivity index (χ2n) is 4.53. The third-order valence-corrected chi connectivity index (χ3v) is 5.05. The van der Waals surface area contributed by atoms with Gasteiger partial charge in [0.25, 0.3) is 0 Å². The van der Waals surface area contributed by atoms with Crippen LogP contribution >= 0.6 is 11.6 Å². The lowest BCUT2D eigenvalue weighted by Gasteiger charge is -2.29. The number of rotatable bonds is 2. The third-order valence-electron chi connectivity index (χ3n) is 3.14. The first-order valence-electron chi connectivity index (χ1n) is 5.82. The maximum atomic E-state index is 11.4. The molecule has 0 saturated carbocycles. The molecule has 1 aliphatic heterocycles. The number of hydrogen-bond donors (Lipinski definition) is 1. The third kappa shape index (κ3) is 2.96. The Morgan fingerprint density at radius 1 is 1.33 bits per heavy atom. The maximum Gasteiger partial charge on any atom is 0.153 e. The molecule has 1 saturated heterocycles. The SMILES string of the molecule is C[C@H](O)c1ccc(N2CCS(=O)(=O)CC2)c(Cl)c1. The lowest BCUT2D eigenvalue weighted by Crippen LogP contribution is -2.40. The summed E-state index contributed by atoms with van der Waals surface area (Å²) in [7, 11) is -2.88. The minimum atomic E-state index is -2.88. The van der Waals surface area contributed by atoms with Gasteiger partial charge in [-0.15, -0.1) is 0 Å². The van der Waals surface area contributed by atoms with Crippen molar-refractivity contribution < 1.29 is 13.5 Å². The summed E-state index contributed by atoms with van der Waals surface area (Å²) >= 11 is 6.18. The number of benzene rings is 1. The lowest BCUT2D eigenvalue weighted by molar-refractivity contribution is 0.199. The number of nitrogens with zero attached hydrogens (tertiary/aromatic N) is 1. The van der Waals surface area contributed by atoms with Crippen LogP contribution in [0, 0.1) is 0 Å². The molecule has 6 heteroatoms. The van der Waals surface area contributed by atoms with E-state index in [1.54, 1.807) is 13.0 Å². The Morgan fingerprint density at radius 3 is 2.44 bits per heavy atom. The van der Waals surface area contributed by atoms with E-state index < -0.39 is 15.9 Å². The van der Waals surface area contributed by atoms with Gasteiger partial charge in [-0.2, -0.15) is 0 Å². The van der Waals surface area contributed by atoms with Crippen LogP contribution in [0.3, 0.4) is 0 Å². The summed E-state index contributed by atoms with van der Waals surface area (Å²) in [6.07, 6.45) is -0.557. The zero-order valence-corrected chi connectivity index (χ0v) is 11.7. The Kier molecular flexibility index (Phi) is 3.84. The minimum absolute atomic E-state index is 0.168. The van der Waals surface area contributed by atoms with Crippen LogP contribution in [0.1, 0.15) is 18.6 Å². The molecule has 0 amide bonds. The fourth-order valence-electron chi connectivity index (χ4n) is 1.99. The van der Waals surface area contributed by atoms with E-state index in [0.29, 0.717) is 18.1 Å². The molecule has 18 heavy (non-hydrogen) atoms. The number of halogens is 1. The fraction of sp³-hybridized carbons (Fsp3) is 0.500. The number of aliphatic hydroxyl groups is 1. The molecule has 1 aromatic rings. The molecule has 0 radical (unpaired) electrons. The van der Waals surface area contributed by atoms with E-state index in [1.807, 2.05) is 17.0 Å². The summed E-state index contributed by atoms with van der Waals surface area (Å²) < 4.78 is 22.7. The zero-order valence-electron chi connectivity index (χ0n) is 10.1. The molecule has 0 spiro atoms. The van der Waals surface area contributed by atoms with E-state index in [1.165, 1.54) is 0 Å². The first kappa shape index (κ1) is 13.6. The Labute approximate surface area is 112 Å². The molecule has 1 fully saturated rings. The molecule has 0 bridgehead atoms. The number of aliphatic hydroxyl groups excluding tert-OH is 1. The Bertz CT molecular complexity index is 528. The van der Waals surface area contributed by atoms with Crippen molar-refractivity contribution in [3.05, 3.63) is 28.8 Å². The normalized spacial score (nSPS) is 20.7. The first-order valence-corrected chi connectivity index (χ1v) is 8.02. The molecule has 4 nitrogen and oxygen atoms in total. The largest absolute Gasteiger partial charge is 0.389 e. The van der Waals surface area contributed by atoms with Crippen molar-refractivity contribution in [2.75, 3.05) is 29.5 Å². The van der Waals surface area contributed by atoms with Gasteiger partial charge in [0, 0.05) is 13.1 Å². The summed E-state index contributed by atoms with van der Waals surface area (Å²) in [4.78, 5) is 1.97. The van der Waals surface area contributed by atoms with Crippen molar-refractivity contribution in [2.45, 2.75) is 13.0 Å². The van der Waals surface area contributed by atoms with Gasteiger partial charge in [-0.1, -0.05) is 17.7 Å². The average molecular weight is 290 g/mol. The second kappa shape index (κ2) is 5.07. The van der Waals surface area contributed by atoms with Gasteiger partial charge in [0.2, 0.25) is 0 Å². The van der Waals surface area contributed by atoms with E-state index >= 15 is 0 Å². The van der Waals surface area contributed by atoms with Gasteiger partial charge in [-0.05, 0) is 24.6 Å². The standard InChI is InChI=1S/C12H16ClNO3S/c1-9(15)10-2-3-12(11(13)8-10)14-4-6-18(16,17)7-5-14/h2-3,8-9,15H,4-7H2,1H3/t9-/m0/s1. The molecule has 2 rings (SSSR count). The number of sulfone groups is 1. The lowest BCUT2D eigenvalue weighted by atomic mass is 10.1. The smallest absolute Gasteiger partial charge is 0.153 e. The minimum Gasteiger partial charge on any atom is -0.389 e. The van der Waals surface area contributed by atoms with Crippen LogP contribution in [0.2, 0.25) is 5.02 Å². The quantitative estimate of drug-likeness (QED) is 0.899. The predicted octanol–water partition coefficient (Wildman–Crippen LogP) is 1.63. The monoisotopic (exact) mass is 289 g/mol. The number of anilines is 1. The second-order valence-corrected chi connectivity index (χ2v) is 7.24. The molecule has 1 heterocycles. The van der Waals surface area contributed by atoms with E-state index in [0.717, 1.165) is 11.3 Å².